The number of ether oxygens (including phenoxy) is 2. The van der Waals surface area contributed by atoms with Gasteiger partial charge in [0.1, 0.15) is 18.4 Å². The van der Waals surface area contributed by atoms with Gasteiger partial charge in [0.25, 0.3) is 0 Å². The topological polar surface area (TPSA) is 97.0 Å². The zero-order valence-corrected chi connectivity index (χ0v) is 17.0. The van der Waals surface area contributed by atoms with Crippen molar-refractivity contribution in [3.63, 3.8) is 0 Å². The molecule has 8 heteroatoms. The van der Waals surface area contributed by atoms with E-state index in [0.29, 0.717) is 38.5 Å². The van der Waals surface area contributed by atoms with Gasteiger partial charge in [0.2, 0.25) is 11.8 Å². The summed E-state index contributed by atoms with van der Waals surface area (Å²) < 4.78 is 10.6. The van der Waals surface area contributed by atoms with Crippen LogP contribution in [0.2, 0.25) is 0 Å². The predicted molar refractivity (Wildman–Crippen MR) is 110 cm³/mol. The number of nitrogens with zero attached hydrogens (tertiary/aromatic N) is 1. The predicted octanol–water partition coefficient (Wildman–Crippen LogP) is 1.72. The lowest BCUT2D eigenvalue weighted by Gasteiger charge is -2.34. The number of benzene rings is 1. The zero-order valence-electron chi connectivity index (χ0n) is 17.0. The molecule has 0 bridgehead atoms. The summed E-state index contributed by atoms with van der Waals surface area (Å²) in [5.41, 5.74) is 1.68. The number of hydrogen-bond donors (Lipinski definition) is 2. The smallest absolute Gasteiger partial charge is 0.308 e. The first-order valence-electron chi connectivity index (χ1n) is 9.74. The SMILES string of the molecule is C=C(C)COc1ccc(NCC(=O)N2CCNC(=O)C2CC(=O)OCCC)cc1. The minimum Gasteiger partial charge on any atom is -0.489 e. The number of amides is 2. The lowest BCUT2D eigenvalue weighted by molar-refractivity contribution is -0.151. The molecule has 1 atom stereocenters. The molecular weight excluding hydrogens is 374 g/mol. The molecule has 0 spiro atoms. The summed E-state index contributed by atoms with van der Waals surface area (Å²) in [4.78, 5) is 38.2. The average molecular weight is 403 g/mol. The van der Waals surface area contributed by atoms with Crippen molar-refractivity contribution in [2.45, 2.75) is 32.7 Å². The molecule has 2 amide bonds. The van der Waals surface area contributed by atoms with E-state index in [4.69, 9.17) is 9.47 Å². The molecule has 0 aliphatic carbocycles. The van der Waals surface area contributed by atoms with Crippen molar-refractivity contribution in [3.8, 4) is 5.75 Å². The Morgan fingerprint density at radius 2 is 2.03 bits per heavy atom. The molecule has 0 radical (unpaired) electrons. The van der Waals surface area contributed by atoms with Gasteiger partial charge in [0, 0.05) is 18.8 Å². The van der Waals surface area contributed by atoms with Crippen molar-refractivity contribution in [1.29, 1.82) is 0 Å². The summed E-state index contributed by atoms with van der Waals surface area (Å²) in [6, 6.07) is 6.38. The van der Waals surface area contributed by atoms with E-state index in [-0.39, 0.29) is 24.8 Å². The fourth-order valence-corrected chi connectivity index (χ4v) is 2.80. The van der Waals surface area contributed by atoms with Crippen LogP contribution in [-0.4, -0.2) is 61.6 Å². The molecule has 1 aromatic rings. The number of nitrogens with one attached hydrogen (secondary N) is 2. The van der Waals surface area contributed by atoms with Gasteiger partial charge in [-0.25, -0.2) is 0 Å². The fourth-order valence-electron chi connectivity index (χ4n) is 2.80. The molecule has 1 aliphatic rings. The minimum atomic E-state index is -0.847. The number of carbonyl (C=O) groups is 3. The van der Waals surface area contributed by atoms with Gasteiger partial charge in [-0.05, 0) is 43.2 Å². The Morgan fingerprint density at radius 1 is 1.31 bits per heavy atom. The highest BCUT2D eigenvalue weighted by molar-refractivity contribution is 5.93. The summed E-state index contributed by atoms with van der Waals surface area (Å²) in [5, 5.41) is 5.74. The van der Waals surface area contributed by atoms with Crippen molar-refractivity contribution in [2.24, 2.45) is 0 Å². The second-order valence-electron chi connectivity index (χ2n) is 6.94. The molecule has 0 aromatic heterocycles. The van der Waals surface area contributed by atoms with Crippen LogP contribution in [0.4, 0.5) is 5.69 Å². The molecule has 2 N–H and O–H groups in total. The standard InChI is InChI=1S/C21H29N3O5/c1-4-11-28-20(26)12-18-21(27)22-9-10-24(18)19(25)13-23-16-5-7-17(8-6-16)29-14-15(2)3/h5-8,18,23H,2,4,9-14H2,1,3H3,(H,22,27). The maximum atomic E-state index is 12.7. The number of anilines is 1. The number of rotatable bonds is 10. The highest BCUT2D eigenvalue weighted by Gasteiger charge is 2.34. The van der Waals surface area contributed by atoms with Gasteiger partial charge in [-0.1, -0.05) is 13.5 Å². The van der Waals surface area contributed by atoms with Crippen LogP contribution < -0.4 is 15.4 Å². The van der Waals surface area contributed by atoms with E-state index < -0.39 is 12.0 Å². The van der Waals surface area contributed by atoms with Crippen LogP contribution >= 0.6 is 0 Å². The largest absolute Gasteiger partial charge is 0.489 e. The van der Waals surface area contributed by atoms with Crippen molar-refractivity contribution in [2.75, 3.05) is 38.2 Å². The first-order valence-corrected chi connectivity index (χ1v) is 9.74. The third-order valence-corrected chi connectivity index (χ3v) is 4.26. The normalized spacial score (nSPS) is 16.0. The zero-order chi connectivity index (χ0) is 21.2. The van der Waals surface area contributed by atoms with Gasteiger partial charge in [-0.3, -0.25) is 14.4 Å². The Labute approximate surface area is 171 Å². The number of piperazine rings is 1. The van der Waals surface area contributed by atoms with Crippen LogP contribution in [0.5, 0.6) is 5.75 Å². The fraction of sp³-hybridized carbons (Fsp3) is 0.476. The van der Waals surface area contributed by atoms with Crippen LogP contribution in [0, 0.1) is 0 Å². The highest BCUT2D eigenvalue weighted by atomic mass is 16.5. The summed E-state index contributed by atoms with van der Waals surface area (Å²) in [6.07, 6.45) is 0.554. The Kier molecular flexibility index (Phi) is 8.51. The molecule has 0 saturated carbocycles. The Bertz CT molecular complexity index is 732. The molecule has 1 unspecified atom stereocenters. The molecule has 29 heavy (non-hydrogen) atoms. The van der Waals surface area contributed by atoms with Crippen molar-refractivity contribution in [3.05, 3.63) is 36.4 Å². The third kappa shape index (κ3) is 7.14. The van der Waals surface area contributed by atoms with Gasteiger partial charge in [-0.15, -0.1) is 0 Å². The van der Waals surface area contributed by atoms with Gasteiger partial charge in [0.05, 0.1) is 19.6 Å². The lowest BCUT2D eigenvalue weighted by Crippen LogP contribution is -2.58. The molecular formula is C21H29N3O5. The molecule has 1 heterocycles. The number of esters is 1. The second-order valence-corrected chi connectivity index (χ2v) is 6.94. The average Bonchev–Trinajstić information content (AvgIpc) is 2.71. The van der Waals surface area contributed by atoms with Crippen LogP contribution in [-0.2, 0) is 19.1 Å². The van der Waals surface area contributed by atoms with Gasteiger partial charge >= 0.3 is 5.97 Å². The van der Waals surface area contributed by atoms with Gasteiger partial charge < -0.3 is 25.0 Å². The molecule has 1 aliphatic heterocycles. The van der Waals surface area contributed by atoms with Crippen LogP contribution in [0.15, 0.2) is 36.4 Å². The lowest BCUT2D eigenvalue weighted by atomic mass is 10.1. The maximum absolute atomic E-state index is 12.7. The summed E-state index contributed by atoms with van der Waals surface area (Å²) in [7, 11) is 0. The van der Waals surface area contributed by atoms with Crippen molar-refractivity contribution >= 4 is 23.5 Å². The molecule has 1 aromatic carbocycles. The Morgan fingerprint density at radius 3 is 2.69 bits per heavy atom. The highest BCUT2D eigenvalue weighted by Crippen LogP contribution is 2.17. The first kappa shape index (κ1) is 22.3. The van der Waals surface area contributed by atoms with E-state index in [0.717, 1.165) is 11.3 Å². The third-order valence-electron chi connectivity index (χ3n) is 4.26. The Balaban J connectivity index is 1.90. The van der Waals surface area contributed by atoms with E-state index in [1.54, 1.807) is 12.1 Å². The van der Waals surface area contributed by atoms with Crippen LogP contribution in [0.3, 0.4) is 0 Å². The van der Waals surface area contributed by atoms with E-state index in [2.05, 4.69) is 17.2 Å². The maximum Gasteiger partial charge on any atom is 0.308 e. The van der Waals surface area contributed by atoms with Crippen LogP contribution in [0.1, 0.15) is 26.7 Å². The summed E-state index contributed by atoms with van der Waals surface area (Å²) in [6.45, 7) is 9.04. The molecule has 2 rings (SSSR count). The molecule has 1 saturated heterocycles. The van der Waals surface area contributed by atoms with Crippen molar-refractivity contribution in [1.82, 2.24) is 10.2 Å². The first-order chi connectivity index (χ1) is 13.9. The Hall–Kier alpha value is -3.03. The van der Waals surface area contributed by atoms with Gasteiger partial charge in [-0.2, -0.15) is 0 Å². The molecule has 8 nitrogen and oxygen atoms in total. The molecule has 158 valence electrons. The number of hydrogen-bond acceptors (Lipinski definition) is 6. The number of carbonyl (C=O) groups excluding carboxylic acids is 3. The van der Waals surface area contributed by atoms with E-state index in [9.17, 15) is 14.4 Å². The van der Waals surface area contributed by atoms with Crippen molar-refractivity contribution < 1.29 is 23.9 Å². The summed E-state index contributed by atoms with van der Waals surface area (Å²) >= 11 is 0. The molecule has 1 fully saturated rings. The van der Waals surface area contributed by atoms with E-state index in [1.807, 2.05) is 26.0 Å². The van der Waals surface area contributed by atoms with E-state index in [1.165, 1.54) is 4.90 Å². The quantitative estimate of drug-likeness (QED) is 0.456. The monoisotopic (exact) mass is 403 g/mol. The van der Waals surface area contributed by atoms with Crippen LogP contribution in [0.25, 0.3) is 0 Å². The minimum absolute atomic E-state index is 0.0136. The van der Waals surface area contributed by atoms with Gasteiger partial charge in [0.15, 0.2) is 0 Å². The second kappa shape index (κ2) is 11.1. The summed E-state index contributed by atoms with van der Waals surface area (Å²) in [5.74, 6) is -0.360. The van der Waals surface area contributed by atoms with E-state index >= 15 is 0 Å².